The number of carbonyl (C=O) groups is 2. The highest BCUT2D eigenvalue weighted by Gasteiger charge is 2.12. The molecule has 2 rings (SSSR count). The smallest absolute Gasteiger partial charge is 0.293 e. The number of aromatic nitrogens is 1. The minimum Gasteiger partial charge on any atom is -0.459 e. The van der Waals surface area contributed by atoms with Crippen molar-refractivity contribution in [3.8, 4) is 0 Å². The van der Waals surface area contributed by atoms with Gasteiger partial charge in [-0.2, -0.15) is 0 Å². The number of thiazole rings is 1. The molecular weight excluding hydrogens is 306 g/mol. The molecule has 0 spiro atoms. The number of hydrogen-bond acceptors (Lipinski definition) is 6. The zero-order valence-corrected chi connectivity index (χ0v) is 12.9. The Labute approximate surface area is 131 Å². The summed E-state index contributed by atoms with van der Waals surface area (Å²) in [7, 11) is 1.62. The van der Waals surface area contributed by atoms with Crippen LogP contribution in [-0.2, 0) is 16.0 Å². The van der Waals surface area contributed by atoms with Gasteiger partial charge in [-0.3, -0.25) is 14.9 Å². The summed E-state index contributed by atoms with van der Waals surface area (Å²) in [6.45, 7) is 1.18. The van der Waals surface area contributed by atoms with Crippen LogP contribution < -0.4 is 10.6 Å². The molecule has 2 aromatic rings. The second-order valence-electron chi connectivity index (χ2n) is 4.45. The second-order valence-corrected chi connectivity index (χ2v) is 5.31. The second kappa shape index (κ2) is 8.30. The Balaban J connectivity index is 1.78. The first-order valence-electron chi connectivity index (χ1n) is 6.74. The summed E-state index contributed by atoms with van der Waals surface area (Å²) in [4.78, 5) is 27.7. The average Bonchev–Trinajstić information content (AvgIpc) is 3.15. The van der Waals surface area contributed by atoms with E-state index in [1.165, 1.54) is 17.6 Å². The molecule has 0 saturated heterocycles. The summed E-state index contributed by atoms with van der Waals surface area (Å²) in [6, 6.07) is 3.20. The van der Waals surface area contributed by atoms with Gasteiger partial charge in [-0.05, 0) is 18.6 Å². The Kier molecular flexibility index (Phi) is 6.11. The number of hydrogen-bond donors (Lipinski definition) is 2. The normalized spacial score (nSPS) is 10.4. The van der Waals surface area contributed by atoms with E-state index in [1.807, 2.05) is 0 Å². The number of carbonyl (C=O) groups excluding carboxylic acids is 2. The minimum atomic E-state index is -0.366. The Bertz CT molecular complexity index is 609. The number of methoxy groups -OCH3 is 1. The van der Waals surface area contributed by atoms with Crippen molar-refractivity contribution in [1.29, 1.82) is 0 Å². The first-order valence-corrected chi connectivity index (χ1v) is 7.62. The van der Waals surface area contributed by atoms with Gasteiger partial charge < -0.3 is 14.5 Å². The molecule has 2 amide bonds. The van der Waals surface area contributed by atoms with Crippen molar-refractivity contribution < 1.29 is 18.7 Å². The summed E-state index contributed by atoms with van der Waals surface area (Å²) in [5, 5.41) is 7.58. The number of nitrogens with one attached hydrogen (secondary N) is 2. The number of anilines is 1. The van der Waals surface area contributed by atoms with E-state index in [0.29, 0.717) is 24.0 Å². The van der Waals surface area contributed by atoms with E-state index in [2.05, 4.69) is 15.6 Å². The van der Waals surface area contributed by atoms with Gasteiger partial charge in [0.25, 0.3) is 5.91 Å². The molecule has 0 atom stereocenters. The van der Waals surface area contributed by atoms with Gasteiger partial charge in [0.05, 0.1) is 18.4 Å². The number of amides is 2. The van der Waals surface area contributed by atoms with Crippen LogP contribution in [0.2, 0.25) is 0 Å². The van der Waals surface area contributed by atoms with Crippen molar-refractivity contribution >= 4 is 28.3 Å². The van der Waals surface area contributed by atoms with Gasteiger partial charge in [-0.15, -0.1) is 11.3 Å². The first kappa shape index (κ1) is 16.2. The molecule has 8 heteroatoms. The van der Waals surface area contributed by atoms with E-state index in [9.17, 15) is 9.59 Å². The molecule has 0 aliphatic carbocycles. The van der Waals surface area contributed by atoms with Gasteiger partial charge >= 0.3 is 0 Å². The molecule has 0 aromatic carbocycles. The minimum absolute atomic E-state index is 0.106. The van der Waals surface area contributed by atoms with Gasteiger partial charge in [0.2, 0.25) is 5.91 Å². The third-order valence-electron chi connectivity index (χ3n) is 2.71. The lowest BCUT2D eigenvalue weighted by Crippen LogP contribution is -2.26. The van der Waals surface area contributed by atoms with Gasteiger partial charge in [0.15, 0.2) is 10.9 Å². The summed E-state index contributed by atoms with van der Waals surface area (Å²) < 4.78 is 9.90. The standard InChI is InChI=1S/C14H17N3O4S/c1-20-6-3-5-15-12(18)8-10-9-22-14(16-10)17-13(19)11-4-2-7-21-11/h2,4,7,9H,3,5-6,8H2,1H3,(H,15,18)(H,16,17,19). The summed E-state index contributed by atoms with van der Waals surface area (Å²) in [6.07, 6.45) is 2.37. The van der Waals surface area contributed by atoms with Crippen molar-refractivity contribution in [2.24, 2.45) is 0 Å². The monoisotopic (exact) mass is 323 g/mol. The molecule has 22 heavy (non-hydrogen) atoms. The van der Waals surface area contributed by atoms with Crippen LogP contribution in [0, 0.1) is 0 Å². The Morgan fingerprint density at radius 3 is 3.05 bits per heavy atom. The zero-order valence-electron chi connectivity index (χ0n) is 12.1. The fourth-order valence-electron chi connectivity index (χ4n) is 1.68. The van der Waals surface area contributed by atoms with Crippen molar-refractivity contribution in [3.63, 3.8) is 0 Å². The maximum absolute atomic E-state index is 11.8. The van der Waals surface area contributed by atoms with E-state index in [4.69, 9.17) is 9.15 Å². The van der Waals surface area contributed by atoms with Crippen LogP contribution in [0.25, 0.3) is 0 Å². The van der Waals surface area contributed by atoms with Crippen molar-refractivity contribution in [2.75, 3.05) is 25.6 Å². The van der Waals surface area contributed by atoms with Gasteiger partial charge in [0.1, 0.15) is 0 Å². The SMILES string of the molecule is COCCCNC(=O)Cc1csc(NC(=O)c2ccco2)n1. The Morgan fingerprint density at radius 2 is 2.32 bits per heavy atom. The zero-order chi connectivity index (χ0) is 15.8. The predicted octanol–water partition coefficient (Wildman–Crippen LogP) is 1.68. The molecular formula is C14H17N3O4S. The molecule has 0 radical (unpaired) electrons. The average molecular weight is 323 g/mol. The van der Waals surface area contributed by atoms with E-state index in [1.54, 1.807) is 24.6 Å². The van der Waals surface area contributed by atoms with E-state index < -0.39 is 0 Å². The fourth-order valence-corrected chi connectivity index (χ4v) is 2.39. The van der Waals surface area contributed by atoms with Crippen LogP contribution in [-0.4, -0.2) is 37.1 Å². The van der Waals surface area contributed by atoms with Crippen molar-refractivity contribution in [1.82, 2.24) is 10.3 Å². The lowest BCUT2D eigenvalue weighted by molar-refractivity contribution is -0.120. The molecule has 0 fully saturated rings. The topological polar surface area (TPSA) is 93.5 Å². The summed E-state index contributed by atoms with van der Waals surface area (Å²) >= 11 is 1.26. The molecule has 2 heterocycles. The predicted molar refractivity (Wildman–Crippen MR) is 82.0 cm³/mol. The summed E-state index contributed by atoms with van der Waals surface area (Å²) in [5.74, 6) is -0.257. The highest BCUT2D eigenvalue weighted by Crippen LogP contribution is 2.17. The number of furan rings is 1. The first-order chi connectivity index (χ1) is 10.7. The van der Waals surface area contributed by atoms with Gasteiger partial charge in [-0.1, -0.05) is 0 Å². The molecule has 2 aromatic heterocycles. The molecule has 0 saturated carbocycles. The largest absolute Gasteiger partial charge is 0.459 e. The maximum Gasteiger partial charge on any atom is 0.293 e. The lowest BCUT2D eigenvalue weighted by Gasteiger charge is -2.03. The summed E-state index contributed by atoms with van der Waals surface area (Å²) in [5.41, 5.74) is 0.615. The van der Waals surface area contributed by atoms with Gasteiger partial charge in [0, 0.05) is 25.6 Å². The van der Waals surface area contributed by atoms with Crippen LogP contribution >= 0.6 is 11.3 Å². The molecule has 0 aliphatic rings. The highest BCUT2D eigenvalue weighted by atomic mass is 32.1. The lowest BCUT2D eigenvalue weighted by atomic mass is 10.3. The third-order valence-corrected chi connectivity index (χ3v) is 3.51. The van der Waals surface area contributed by atoms with E-state index >= 15 is 0 Å². The maximum atomic E-state index is 11.8. The van der Waals surface area contributed by atoms with Crippen molar-refractivity contribution in [3.05, 3.63) is 35.2 Å². The molecule has 2 N–H and O–H groups in total. The number of ether oxygens (including phenoxy) is 1. The van der Waals surface area contributed by atoms with E-state index in [0.717, 1.165) is 6.42 Å². The van der Waals surface area contributed by atoms with Crippen LogP contribution in [0.5, 0.6) is 0 Å². The molecule has 0 unspecified atom stereocenters. The Hall–Kier alpha value is -2.19. The van der Waals surface area contributed by atoms with Crippen molar-refractivity contribution in [2.45, 2.75) is 12.8 Å². The molecule has 7 nitrogen and oxygen atoms in total. The molecule has 0 bridgehead atoms. The number of nitrogens with zero attached hydrogens (tertiary/aromatic N) is 1. The van der Waals surface area contributed by atoms with Crippen LogP contribution in [0.4, 0.5) is 5.13 Å². The van der Waals surface area contributed by atoms with Crippen LogP contribution in [0.1, 0.15) is 22.7 Å². The number of rotatable bonds is 8. The highest BCUT2D eigenvalue weighted by molar-refractivity contribution is 7.14. The van der Waals surface area contributed by atoms with Crippen LogP contribution in [0.15, 0.2) is 28.2 Å². The van der Waals surface area contributed by atoms with Gasteiger partial charge in [-0.25, -0.2) is 4.98 Å². The molecule has 118 valence electrons. The van der Waals surface area contributed by atoms with Crippen LogP contribution in [0.3, 0.4) is 0 Å². The Morgan fingerprint density at radius 1 is 1.45 bits per heavy atom. The third kappa shape index (κ3) is 4.97. The molecule has 0 aliphatic heterocycles. The quantitative estimate of drug-likeness (QED) is 0.721. The fraction of sp³-hybridized carbons (Fsp3) is 0.357. The van der Waals surface area contributed by atoms with E-state index in [-0.39, 0.29) is 24.0 Å².